The fourth-order valence-corrected chi connectivity index (χ4v) is 1.86. The first kappa shape index (κ1) is 19.0. The fourth-order valence-electron chi connectivity index (χ4n) is 1.86. The third kappa shape index (κ3) is 4.41. The minimum absolute atomic E-state index is 0.0838. The molecule has 2 fully saturated rings. The molecule has 140 valence electrons. The minimum Gasteiger partial charge on any atom is -0.447 e. The van der Waals surface area contributed by atoms with Crippen LogP contribution in [0.1, 0.15) is 13.8 Å². The van der Waals surface area contributed by atoms with Crippen LogP contribution in [0.25, 0.3) is 0 Å². The van der Waals surface area contributed by atoms with Crippen LogP contribution in [0.15, 0.2) is 35.8 Å². The third-order valence-electron chi connectivity index (χ3n) is 3.11. The van der Waals surface area contributed by atoms with Crippen LogP contribution in [0.5, 0.6) is 0 Å². The first-order chi connectivity index (χ1) is 12.2. The normalized spacial score (nSPS) is 25.0. The topological polar surface area (TPSA) is 124 Å². The van der Waals surface area contributed by atoms with Crippen LogP contribution >= 0.6 is 0 Å². The predicted molar refractivity (Wildman–Crippen MR) is 81.3 cm³/mol. The summed E-state index contributed by atoms with van der Waals surface area (Å²) < 4.78 is 29.4. The average Bonchev–Trinajstić information content (AvgIpc) is 2.57. The van der Waals surface area contributed by atoms with Gasteiger partial charge in [-0.25, -0.2) is 19.2 Å². The van der Waals surface area contributed by atoms with E-state index in [0.717, 1.165) is 0 Å². The summed E-state index contributed by atoms with van der Waals surface area (Å²) >= 11 is 0. The zero-order chi connectivity index (χ0) is 19.4. The van der Waals surface area contributed by atoms with E-state index >= 15 is 0 Å². The van der Waals surface area contributed by atoms with E-state index in [4.69, 9.17) is 18.9 Å². The Kier molecular flexibility index (Phi) is 5.65. The van der Waals surface area contributed by atoms with Gasteiger partial charge in [0.15, 0.2) is 23.7 Å². The first-order valence-electron chi connectivity index (χ1n) is 7.35. The third-order valence-corrected chi connectivity index (χ3v) is 3.11. The van der Waals surface area contributed by atoms with Crippen molar-refractivity contribution in [2.75, 3.05) is 13.2 Å². The number of hydrogen-bond acceptors (Lipinski definition) is 10. The molecule has 10 heteroatoms. The lowest BCUT2D eigenvalue weighted by atomic mass is 10.1. The molecule has 0 aliphatic carbocycles. The van der Waals surface area contributed by atoms with E-state index in [1.165, 1.54) is 13.8 Å². The number of carbonyl (C=O) groups is 4. The molecule has 10 nitrogen and oxygen atoms in total. The molecule has 26 heavy (non-hydrogen) atoms. The molecule has 0 amide bonds. The molecular formula is C16H16O10. The van der Waals surface area contributed by atoms with Gasteiger partial charge in [-0.2, -0.15) is 0 Å². The minimum atomic E-state index is -1.23. The van der Waals surface area contributed by atoms with Gasteiger partial charge in [-0.1, -0.05) is 13.2 Å². The molecule has 2 rings (SSSR count). The van der Waals surface area contributed by atoms with E-state index in [9.17, 15) is 19.2 Å². The number of ether oxygens (including phenoxy) is 6. The van der Waals surface area contributed by atoms with E-state index in [2.05, 4.69) is 22.6 Å². The van der Waals surface area contributed by atoms with Crippen molar-refractivity contribution in [3.05, 3.63) is 35.8 Å². The summed E-state index contributed by atoms with van der Waals surface area (Å²) in [5.74, 6) is -2.26. The van der Waals surface area contributed by atoms with Crippen LogP contribution in [0.4, 0.5) is 9.59 Å². The zero-order valence-electron chi connectivity index (χ0n) is 14.1. The molecule has 2 atom stereocenters. The standard InChI is InChI=1S/C16H16O10/c1-7(2)13(17)23-9-5-21-15(19)25-11(9)12-10(6-22-16(20)26-12)24-14(18)8(3)4/h9-10H,1,3,5-6H2,2,4H3. The second-order valence-corrected chi connectivity index (χ2v) is 5.40. The molecule has 2 unspecified atom stereocenters. The second kappa shape index (κ2) is 7.72. The van der Waals surface area contributed by atoms with Crippen LogP contribution in [0.3, 0.4) is 0 Å². The Hall–Kier alpha value is -3.30. The molecule has 0 aromatic carbocycles. The number of cyclic esters (lactones) is 4. The Balaban J connectivity index is 2.37. The largest absolute Gasteiger partial charge is 0.513 e. The molecule has 0 spiro atoms. The van der Waals surface area contributed by atoms with Crippen molar-refractivity contribution in [3.63, 3.8) is 0 Å². The fraction of sp³-hybridized carbons (Fsp3) is 0.375. The monoisotopic (exact) mass is 368 g/mol. The number of hydrogen-bond donors (Lipinski definition) is 0. The molecule has 2 heterocycles. The number of carbonyl (C=O) groups excluding carboxylic acids is 4. The number of rotatable bonds is 4. The first-order valence-corrected chi connectivity index (χ1v) is 7.35. The van der Waals surface area contributed by atoms with E-state index in [1.807, 2.05) is 0 Å². The average molecular weight is 368 g/mol. The zero-order valence-corrected chi connectivity index (χ0v) is 14.1. The van der Waals surface area contributed by atoms with Crippen molar-refractivity contribution < 1.29 is 47.6 Å². The van der Waals surface area contributed by atoms with Gasteiger partial charge in [0.1, 0.15) is 13.2 Å². The number of esters is 2. The molecule has 0 radical (unpaired) electrons. The maximum absolute atomic E-state index is 11.8. The Labute approximate surface area is 147 Å². The van der Waals surface area contributed by atoms with Crippen molar-refractivity contribution in [1.29, 1.82) is 0 Å². The molecule has 0 aromatic rings. The summed E-state index contributed by atoms with van der Waals surface area (Å²) in [6, 6.07) is 0. The van der Waals surface area contributed by atoms with E-state index in [0.29, 0.717) is 0 Å². The van der Waals surface area contributed by atoms with E-state index in [1.54, 1.807) is 0 Å². The molecule has 2 aliphatic heterocycles. The Bertz CT molecular complexity index is 657. The van der Waals surface area contributed by atoms with Crippen molar-refractivity contribution in [2.45, 2.75) is 26.1 Å². The molecular weight excluding hydrogens is 352 g/mol. The van der Waals surface area contributed by atoms with Crippen LogP contribution < -0.4 is 0 Å². The molecule has 2 aliphatic rings. The highest BCUT2D eigenvalue weighted by Crippen LogP contribution is 2.28. The quantitative estimate of drug-likeness (QED) is 0.409. The Morgan fingerprint density at radius 2 is 1.19 bits per heavy atom. The highest BCUT2D eigenvalue weighted by Gasteiger charge is 2.41. The lowest BCUT2D eigenvalue weighted by Gasteiger charge is -2.30. The van der Waals surface area contributed by atoms with Crippen molar-refractivity contribution in [1.82, 2.24) is 0 Å². The highest BCUT2D eigenvalue weighted by atomic mass is 16.8. The van der Waals surface area contributed by atoms with Gasteiger partial charge in [0, 0.05) is 11.1 Å². The van der Waals surface area contributed by atoms with Gasteiger partial charge in [-0.15, -0.1) is 0 Å². The molecule has 2 saturated heterocycles. The van der Waals surface area contributed by atoms with Crippen LogP contribution in [0, 0.1) is 0 Å². The van der Waals surface area contributed by atoms with Gasteiger partial charge in [-0.3, -0.25) is 0 Å². The lowest BCUT2D eigenvalue weighted by molar-refractivity contribution is -0.153. The Morgan fingerprint density at radius 1 is 0.846 bits per heavy atom. The van der Waals surface area contributed by atoms with Gasteiger partial charge < -0.3 is 28.4 Å². The predicted octanol–water partition coefficient (Wildman–Crippen LogP) is 1.51. The van der Waals surface area contributed by atoms with Crippen molar-refractivity contribution >= 4 is 24.2 Å². The highest BCUT2D eigenvalue weighted by molar-refractivity contribution is 5.88. The molecule has 0 saturated carbocycles. The summed E-state index contributed by atoms with van der Waals surface area (Å²) in [6.45, 7) is 8.91. The van der Waals surface area contributed by atoms with Crippen LogP contribution in [-0.4, -0.2) is 49.7 Å². The summed E-state index contributed by atoms with van der Waals surface area (Å²) in [5, 5.41) is 0. The molecule has 0 N–H and O–H groups in total. The molecule has 0 aromatic heterocycles. The maximum atomic E-state index is 11.8. The second-order valence-electron chi connectivity index (χ2n) is 5.40. The summed E-state index contributed by atoms with van der Waals surface area (Å²) in [4.78, 5) is 46.5. The maximum Gasteiger partial charge on any atom is 0.513 e. The van der Waals surface area contributed by atoms with Gasteiger partial charge in [0.05, 0.1) is 0 Å². The van der Waals surface area contributed by atoms with E-state index < -0.39 is 49.7 Å². The summed E-state index contributed by atoms with van der Waals surface area (Å²) in [7, 11) is 0. The lowest BCUT2D eigenvalue weighted by Crippen LogP contribution is -2.41. The van der Waals surface area contributed by atoms with Gasteiger partial charge in [0.25, 0.3) is 0 Å². The van der Waals surface area contributed by atoms with Crippen LogP contribution in [0.2, 0.25) is 0 Å². The smallest absolute Gasteiger partial charge is 0.447 e. The van der Waals surface area contributed by atoms with Gasteiger partial charge in [0.2, 0.25) is 0 Å². The van der Waals surface area contributed by atoms with Crippen molar-refractivity contribution in [3.8, 4) is 0 Å². The summed E-state index contributed by atoms with van der Waals surface area (Å²) in [5.41, 5.74) is 0.168. The van der Waals surface area contributed by atoms with Gasteiger partial charge >= 0.3 is 24.2 Å². The summed E-state index contributed by atoms with van der Waals surface area (Å²) in [6.07, 6.45) is -4.68. The van der Waals surface area contributed by atoms with Crippen LogP contribution in [-0.2, 0) is 38.0 Å². The SMILES string of the molecule is C=C(C)C(=O)OC1COC(=O)OC1=C1OC(=O)OCC1OC(=O)C(=C)C. The van der Waals surface area contributed by atoms with E-state index in [-0.39, 0.29) is 22.7 Å². The van der Waals surface area contributed by atoms with Gasteiger partial charge in [-0.05, 0) is 13.8 Å². The van der Waals surface area contributed by atoms with Crippen molar-refractivity contribution in [2.24, 2.45) is 0 Å². The molecule has 0 bridgehead atoms. The Morgan fingerprint density at radius 3 is 1.50 bits per heavy atom.